The summed E-state index contributed by atoms with van der Waals surface area (Å²) < 4.78 is 14.2. The van der Waals surface area contributed by atoms with Gasteiger partial charge in [0.2, 0.25) is 0 Å². The minimum atomic E-state index is -0.0880. The van der Waals surface area contributed by atoms with Crippen molar-refractivity contribution in [2.45, 2.75) is 51.7 Å². The lowest BCUT2D eigenvalue weighted by Gasteiger charge is -2.30. The van der Waals surface area contributed by atoms with Crippen molar-refractivity contribution in [3.63, 3.8) is 0 Å². The van der Waals surface area contributed by atoms with Gasteiger partial charge in [-0.15, -0.1) is 0 Å². The number of rotatable bonds is 4. The SMILES string of the molecule is CCC1CCC(C)N1c1ccc(CNC)cc1F. The van der Waals surface area contributed by atoms with Gasteiger partial charge in [-0.05, 0) is 50.9 Å². The summed E-state index contributed by atoms with van der Waals surface area (Å²) in [5.74, 6) is -0.0880. The summed E-state index contributed by atoms with van der Waals surface area (Å²) in [5, 5.41) is 3.05. The summed E-state index contributed by atoms with van der Waals surface area (Å²) in [7, 11) is 1.88. The highest BCUT2D eigenvalue weighted by Gasteiger charge is 2.30. The minimum Gasteiger partial charge on any atom is -0.363 e. The molecule has 1 aliphatic heterocycles. The van der Waals surface area contributed by atoms with Gasteiger partial charge in [-0.25, -0.2) is 4.39 Å². The van der Waals surface area contributed by atoms with Crippen molar-refractivity contribution in [1.82, 2.24) is 5.32 Å². The third kappa shape index (κ3) is 2.51. The Hall–Kier alpha value is -1.09. The molecule has 1 N–H and O–H groups in total. The Morgan fingerprint density at radius 2 is 2.17 bits per heavy atom. The fraction of sp³-hybridized carbons (Fsp3) is 0.600. The molecular formula is C15H23FN2. The second-order valence-corrected chi connectivity index (χ2v) is 5.21. The Kier molecular flexibility index (Phi) is 4.23. The number of halogens is 1. The van der Waals surface area contributed by atoms with E-state index in [1.54, 1.807) is 6.07 Å². The Morgan fingerprint density at radius 1 is 1.39 bits per heavy atom. The quantitative estimate of drug-likeness (QED) is 0.882. The van der Waals surface area contributed by atoms with Gasteiger partial charge in [0.1, 0.15) is 5.82 Å². The van der Waals surface area contributed by atoms with Crippen molar-refractivity contribution in [3.05, 3.63) is 29.6 Å². The molecule has 1 aromatic rings. The maximum Gasteiger partial charge on any atom is 0.146 e. The maximum absolute atomic E-state index is 14.2. The van der Waals surface area contributed by atoms with Gasteiger partial charge >= 0.3 is 0 Å². The van der Waals surface area contributed by atoms with Crippen LogP contribution in [0.4, 0.5) is 10.1 Å². The lowest BCUT2D eigenvalue weighted by molar-refractivity contribution is 0.580. The molecule has 1 heterocycles. The van der Waals surface area contributed by atoms with E-state index in [-0.39, 0.29) is 5.82 Å². The van der Waals surface area contributed by atoms with E-state index in [0.29, 0.717) is 18.6 Å². The highest BCUT2D eigenvalue weighted by molar-refractivity contribution is 5.52. The van der Waals surface area contributed by atoms with Crippen molar-refractivity contribution < 1.29 is 4.39 Å². The van der Waals surface area contributed by atoms with Crippen LogP contribution in [0.15, 0.2) is 18.2 Å². The van der Waals surface area contributed by atoms with Gasteiger partial charge in [-0.2, -0.15) is 0 Å². The zero-order chi connectivity index (χ0) is 13.1. The molecule has 1 aliphatic rings. The van der Waals surface area contributed by atoms with E-state index in [9.17, 15) is 4.39 Å². The van der Waals surface area contributed by atoms with Gasteiger partial charge in [-0.3, -0.25) is 0 Å². The molecule has 0 radical (unpaired) electrons. The van der Waals surface area contributed by atoms with Crippen LogP contribution in [0.1, 0.15) is 38.7 Å². The Bertz CT molecular complexity index is 405. The Morgan fingerprint density at radius 3 is 2.78 bits per heavy atom. The van der Waals surface area contributed by atoms with Gasteiger partial charge in [0, 0.05) is 18.6 Å². The summed E-state index contributed by atoms with van der Waals surface area (Å²) in [6.07, 6.45) is 3.42. The Labute approximate surface area is 109 Å². The molecule has 1 saturated heterocycles. The average Bonchev–Trinajstić information content (AvgIpc) is 2.71. The molecule has 0 amide bonds. The third-order valence-electron chi connectivity index (χ3n) is 3.93. The number of nitrogens with one attached hydrogen (secondary N) is 1. The van der Waals surface area contributed by atoms with Crippen LogP contribution in [0.5, 0.6) is 0 Å². The van der Waals surface area contributed by atoms with Crippen molar-refractivity contribution in [3.8, 4) is 0 Å². The molecule has 1 fully saturated rings. The highest BCUT2D eigenvalue weighted by atomic mass is 19.1. The van der Waals surface area contributed by atoms with E-state index < -0.39 is 0 Å². The van der Waals surface area contributed by atoms with E-state index in [4.69, 9.17) is 0 Å². The van der Waals surface area contributed by atoms with Crippen LogP contribution in [0.3, 0.4) is 0 Å². The van der Waals surface area contributed by atoms with Crippen molar-refractivity contribution in [1.29, 1.82) is 0 Å². The zero-order valence-electron chi connectivity index (χ0n) is 11.5. The molecule has 2 rings (SSSR count). The molecule has 18 heavy (non-hydrogen) atoms. The van der Waals surface area contributed by atoms with Crippen LogP contribution >= 0.6 is 0 Å². The first-order valence-corrected chi connectivity index (χ1v) is 6.88. The first-order chi connectivity index (χ1) is 8.67. The molecule has 0 saturated carbocycles. The number of hydrogen-bond donors (Lipinski definition) is 1. The summed E-state index contributed by atoms with van der Waals surface area (Å²) in [5.41, 5.74) is 1.77. The maximum atomic E-state index is 14.2. The van der Waals surface area contributed by atoms with Crippen LogP contribution in [-0.4, -0.2) is 19.1 Å². The summed E-state index contributed by atoms with van der Waals surface area (Å²) in [6.45, 7) is 5.09. The third-order valence-corrected chi connectivity index (χ3v) is 3.93. The van der Waals surface area contributed by atoms with E-state index in [1.807, 2.05) is 19.2 Å². The van der Waals surface area contributed by atoms with Crippen LogP contribution in [0.2, 0.25) is 0 Å². The molecule has 1 aromatic carbocycles. The molecule has 2 nitrogen and oxygen atoms in total. The average molecular weight is 250 g/mol. The number of benzene rings is 1. The first-order valence-electron chi connectivity index (χ1n) is 6.88. The minimum absolute atomic E-state index is 0.0880. The van der Waals surface area contributed by atoms with Gasteiger partial charge in [0.25, 0.3) is 0 Å². The molecule has 0 aromatic heterocycles. The summed E-state index contributed by atoms with van der Waals surface area (Å²) >= 11 is 0. The fourth-order valence-electron chi connectivity index (χ4n) is 2.98. The molecule has 0 spiro atoms. The highest BCUT2D eigenvalue weighted by Crippen LogP contribution is 2.33. The summed E-state index contributed by atoms with van der Waals surface area (Å²) in [6, 6.07) is 6.55. The largest absolute Gasteiger partial charge is 0.363 e. The standard InChI is InChI=1S/C15H23FN2/c1-4-13-7-5-11(2)18(13)15-8-6-12(10-17-3)9-14(15)16/h6,8-9,11,13,17H,4-5,7,10H2,1-3H3. The lowest BCUT2D eigenvalue weighted by Crippen LogP contribution is -2.34. The van der Waals surface area contributed by atoms with Crippen molar-refractivity contribution in [2.75, 3.05) is 11.9 Å². The predicted octanol–water partition coefficient (Wildman–Crippen LogP) is 3.31. The second kappa shape index (κ2) is 5.70. The Balaban J connectivity index is 2.27. The van der Waals surface area contributed by atoms with Crippen LogP contribution in [0.25, 0.3) is 0 Å². The smallest absolute Gasteiger partial charge is 0.146 e. The normalized spacial score (nSPS) is 23.7. The number of hydrogen-bond acceptors (Lipinski definition) is 2. The van der Waals surface area contributed by atoms with E-state index >= 15 is 0 Å². The fourth-order valence-corrected chi connectivity index (χ4v) is 2.98. The van der Waals surface area contributed by atoms with Gasteiger partial charge in [-0.1, -0.05) is 13.0 Å². The number of nitrogens with zero attached hydrogens (tertiary/aromatic N) is 1. The van der Waals surface area contributed by atoms with Crippen LogP contribution < -0.4 is 10.2 Å². The van der Waals surface area contributed by atoms with Gasteiger partial charge in [0.05, 0.1) is 5.69 Å². The summed E-state index contributed by atoms with van der Waals surface area (Å²) in [4.78, 5) is 2.26. The molecule has 100 valence electrons. The lowest BCUT2D eigenvalue weighted by atomic mass is 10.1. The van der Waals surface area contributed by atoms with Crippen molar-refractivity contribution >= 4 is 5.69 Å². The van der Waals surface area contributed by atoms with Gasteiger partial charge < -0.3 is 10.2 Å². The van der Waals surface area contributed by atoms with Crippen LogP contribution in [0, 0.1) is 5.82 Å². The van der Waals surface area contributed by atoms with E-state index in [1.165, 1.54) is 6.42 Å². The molecule has 2 atom stereocenters. The van der Waals surface area contributed by atoms with Gasteiger partial charge in [0.15, 0.2) is 0 Å². The van der Waals surface area contributed by atoms with Crippen LogP contribution in [-0.2, 0) is 6.54 Å². The zero-order valence-corrected chi connectivity index (χ0v) is 11.5. The molecule has 3 heteroatoms. The number of anilines is 1. The van der Waals surface area contributed by atoms with Crippen molar-refractivity contribution in [2.24, 2.45) is 0 Å². The second-order valence-electron chi connectivity index (χ2n) is 5.21. The topological polar surface area (TPSA) is 15.3 Å². The first kappa shape index (κ1) is 13.3. The molecule has 0 bridgehead atoms. The monoisotopic (exact) mass is 250 g/mol. The molecule has 0 aliphatic carbocycles. The molecule has 2 unspecified atom stereocenters. The molecular weight excluding hydrogens is 227 g/mol. The van der Waals surface area contributed by atoms with E-state index in [0.717, 1.165) is 24.1 Å². The van der Waals surface area contributed by atoms with E-state index in [2.05, 4.69) is 24.1 Å². The predicted molar refractivity (Wildman–Crippen MR) is 74.4 cm³/mol.